The fraction of sp³-hybridized carbons (Fsp3) is 0. The van der Waals surface area contributed by atoms with Crippen molar-refractivity contribution < 1.29 is 0 Å². The number of hydrogen-bond acceptors (Lipinski definition) is 5. The lowest BCUT2D eigenvalue weighted by Gasteiger charge is -2.12. The van der Waals surface area contributed by atoms with Crippen molar-refractivity contribution in [2.24, 2.45) is 0 Å². The van der Waals surface area contributed by atoms with Gasteiger partial charge in [0.15, 0.2) is 0 Å². The van der Waals surface area contributed by atoms with E-state index in [0.29, 0.717) is 0 Å². The molecule has 0 bridgehead atoms. The highest BCUT2D eigenvalue weighted by Gasteiger charge is 2.15. The third kappa shape index (κ3) is 12.1. The second-order valence-electron chi connectivity index (χ2n) is 20.5. The van der Waals surface area contributed by atoms with E-state index in [-0.39, 0.29) is 0 Å². The Balaban J connectivity index is 0.000000157. The van der Waals surface area contributed by atoms with Crippen LogP contribution in [-0.4, -0.2) is 24.9 Å². The van der Waals surface area contributed by atoms with Crippen LogP contribution in [0.2, 0.25) is 0 Å². The molecule has 0 radical (unpaired) electrons. The van der Waals surface area contributed by atoms with E-state index in [2.05, 4.69) is 266 Å². The topological polar surface area (TPSA) is 64.5 Å². The van der Waals surface area contributed by atoms with E-state index >= 15 is 0 Å². The Labute approximate surface area is 490 Å². The molecule has 0 atom stereocenters. The second kappa shape index (κ2) is 24.6. The van der Waals surface area contributed by atoms with E-state index in [1.165, 1.54) is 0 Å². The van der Waals surface area contributed by atoms with Gasteiger partial charge in [0.05, 0.1) is 45.6 Å². The predicted octanol–water partition coefficient (Wildman–Crippen LogP) is 20.4. The summed E-state index contributed by atoms with van der Waals surface area (Å²) in [4.78, 5) is 24.4. The van der Waals surface area contributed by atoms with Crippen molar-refractivity contribution in [3.63, 3.8) is 0 Å². The van der Waals surface area contributed by atoms with Crippen LogP contribution >= 0.6 is 0 Å². The number of rotatable bonds is 12. The average molecular weight is 1070 g/mol. The van der Waals surface area contributed by atoms with Gasteiger partial charge in [0, 0.05) is 56.9 Å². The van der Waals surface area contributed by atoms with Crippen LogP contribution in [0.1, 0.15) is 0 Å². The number of hydrogen-bond donors (Lipinski definition) is 0. The lowest BCUT2D eigenvalue weighted by Crippen LogP contribution is -1.92. The molecule has 5 heterocycles. The van der Waals surface area contributed by atoms with E-state index < -0.39 is 0 Å². The van der Waals surface area contributed by atoms with Gasteiger partial charge in [0.2, 0.25) is 0 Å². The Hall–Kier alpha value is -11.3. The first-order chi connectivity index (χ1) is 41.6. The minimum absolute atomic E-state index is 0.901. The van der Waals surface area contributed by atoms with Crippen molar-refractivity contribution in [2.75, 3.05) is 0 Å². The van der Waals surface area contributed by atoms with Gasteiger partial charge in [-0.15, -0.1) is 0 Å². The Morgan fingerprint density at radius 2 is 0.321 bits per heavy atom. The second-order valence-corrected chi connectivity index (χ2v) is 20.5. The maximum absolute atomic E-state index is 5.03. The molecule has 5 nitrogen and oxygen atoms in total. The highest BCUT2D eigenvalue weighted by atomic mass is 14.7. The summed E-state index contributed by atoms with van der Waals surface area (Å²) in [5, 5.41) is 0. The molecule has 0 saturated heterocycles. The average Bonchev–Trinajstić information content (AvgIpc) is 3.66. The first-order valence-corrected chi connectivity index (χ1v) is 28.2. The third-order valence-corrected chi connectivity index (χ3v) is 14.8. The Morgan fingerprint density at radius 1 is 0.143 bits per heavy atom. The van der Waals surface area contributed by atoms with Gasteiger partial charge in [-0.05, 0) is 105 Å². The normalized spacial score (nSPS) is 10.9. The van der Waals surface area contributed by atoms with Crippen LogP contribution in [0.25, 0.3) is 135 Å². The molecule has 396 valence electrons. The summed E-state index contributed by atoms with van der Waals surface area (Å²) < 4.78 is 0. The molecule has 5 heteroatoms. The molecule has 0 spiro atoms. The first-order valence-electron chi connectivity index (χ1n) is 28.2. The van der Waals surface area contributed by atoms with Gasteiger partial charge in [0.25, 0.3) is 0 Å². The Kier molecular flexibility index (Phi) is 15.3. The molecule has 0 unspecified atom stereocenters. The number of nitrogens with zero attached hydrogens (tertiary/aromatic N) is 5. The fourth-order valence-electron chi connectivity index (χ4n) is 10.5. The predicted molar refractivity (Wildman–Crippen MR) is 347 cm³/mol. The van der Waals surface area contributed by atoms with Gasteiger partial charge in [-0.2, -0.15) is 0 Å². The number of pyridine rings is 5. The van der Waals surface area contributed by atoms with E-state index in [9.17, 15) is 0 Å². The van der Waals surface area contributed by atoms with Crippen molar-refractivity contribution in [3.05, 3.63) is 334 Å². The minimum atomic E-state index is 0.901. The molecule has 0 fully saturated rings. The van der Waals surface area contributed by atoms with Gasteiger partial charge in [-0.3, -0.25) is 4.98 Å². The van der Waals surface area contributed by atoms with Crippen molar-refractivity contribution in [1.29, 1.82) is 0 Å². The van der Waals surface area contributed by atoms with Crippen molar-refractivity contribution in [2.45, 2.75) is 0 Å². The molecule has 0 saturated carbocycles. The molecule has 84 heavy (non-hydrogen) atoms. The largest absolute Gasteiger partial charge is 0.264 e. The summed E-state index contributed by atoms with van der Waals surface area (Å²) in [6.45, 7) is 0. The molecule has 0 amide bonds. The summed E-state index contributed by atoms with van der Waals surface area (Å²) in [6.07, 6.45) is 3.65. The smallest absolute Gasteiger partial charge is 0.0731 e. The summed E-state index contributed by atoms with van der Waals surface area (Å²) in [5.74, 6) is 0. The number of benzene rings is 9. The van der Waals surface area contributed by atoms with E-state index in [1.807, 2.05) is 66.9 Å². The Bertz CT molecular complexity index is 3640. The van der Waals surface area contributed by atoms with Gasteiger partial charge >= 0.3 is 0 Å². The zero-order valence-electron chi connectivity index (χ0n) is 46.0. The molecule has 5 aromatic heterocycles. The van der Waals surface area contributed by atoms with Crippen LogP contribution in [0.5, 0.6) is 0 Å². The van der Waals surface area contributed by atoms with Crippen molar-refractivity contribution in [3.8, 4) is 135 Å². The highest BCUT2D eigenvalue weighted by molar-refractivity contribution is 5.83. The highest BCUT2D eigenvalue weighted by Crippen LogP contribution is 2.37. The van der Waals surface area contributed by atoms with E-state index in [1.54, 1.807) is 6.20 Å². The minimum Gasteiger partial charge on any atom is -0.264 e. The van der Waals surface area contributed by atoms with Gasteiger partial charge in [-0.25, -0.2) is 19.9 Å². The zero-order valence-corrected chi connectivity index (χ0v) is 46.0. The molecule has 14 aromatic rings. The lowest BCUT2D eigenvalue weighted by molar-refractivity contribution is 1.28. The third-order valence-electron chi connectivity index (χ3n) is 14.8. The van der Waals surface area contributed by atoms with E-state index in [4.69, 9.17) is 19.9 Å². The van der Waals surface area contributed by atoms with Gasteiger partial charge in [0.1, 0.15) is 0 Å². The van der Waals surface area contributed by atoms with Crippen LogP contribution in [-0.2, 0) is 0 Å². The van der Waals surface area contributed by atoms with Gasteiger partial charge in [-0.1, -0.05) is 261 Å². The quantitative estimate of drug-likeness (QED) is 0.122. The molecule has 9 aromatic carbocycles. The standard InChI is InChI=1S/C40H28N2.C39H27N3/c1-5-13-31(14-6-1)37-25-35(26-38(41-37)32-15-7-2-8-16-32)29-21-23-30(24-22-29)36-27-39(33-17-9-3-10-18-33)42-40(28-36)34-19-11-4-12-20-34;1-4-11-30(12-5-1)36-23-34(24-37(41-36)31-13-6-2-7-14-31)28-18-20-29(21-19-28)35-25-38(32-15-8-3-9-16-32)42-39(26-35)33-17-10-22-40-27-33/h1-28H;1-27H. The van der Waals surface area contributed by atoms with Crippen LogP contribution in [0.4, 0.5) is 0 Å². The number of aromatic nitrogens is 5. The van der Waals surface area contributed by atoms with Crippen LogP contribution in [0, 0.1) is 0 Å². The molecule has 0 aliphatic rings. The van der Waals surface area contributed by atoms with Crippen molar-refractivity contribution >= 4 is 0 Å². The Morgan fingerprint density at radius 3 is 0.500 bits per heavy atom. The summed E-state index contributed by atoms with van der Waals surface area (Å²) >= 11 is 0. The molecular weight excluding hydrogens is 1020 g/mol. The maximum Gasteiger partial charge on any atom is 0.0731 e. The van der Waals surface area contributed by atoms with Crippen LogP contribution in [0.3, 0.4) is 0 Å². The summed E-state index contributed by atoms with van der Waals surface area (Å²) in [6, 6.07) is 112. The maximum atomic E-state index is 5.03. The lowest BCUT2D eigenvalue weighted by atomic mass is 9.96. The molecular formula is C79H55N5. The van der Waals surface area contributed by atoms with Crippen molar-refractivity contribution in [1.82, 2.24) is 24.9 Å². The summed E-state index contributed by atoms with van der Waals surface area (Å²) in [7, 11) is 0. The SMILES string of the molecule is c1ccc(-c2cc(-c3ccc(-c4cc(-c5ccccc5)nc(-c5ccccc5)c4)cc3)cc(-c3ccccc3)n2)cc1.c1ccc(-c2cc(-c3ccc(-c4cc(-c5ccccc5)nc(-c5cccnc5)c4)cc3)cc(-c3ccccc3)n2)cc1. The van der Waals surface area contributed by atoms with Crippen LogP contribution < -0.4 is 0 Å². The molecule has 0 aliphatic heterocycles. The van der Waals surface area contributed by atoms with Crippen LogP contribution in [0.15, 0.2) is 334 Å². The fourth-order valence-corrected chi connectivity index (χ4v) is 10.5. The first kappa shape index (κ1) is 52.1. The molecule has 14 rings (SSSR count). The molecule has 0 aliphatic carbocycles. The van der Waals surface area contributed by atoms with E-state index in [0.717, 1.165) is 135 Å². The summed E-state index contributed by atoms with van der Waals surface area (Å²) in [5.41, 5.74) is 25.4. The zero-order chi connectivity index (χ0) is 56.3. The monoisotopic (exact) mass is 1070 g/mol. The van der Waals surface area contributed by atoms with Gasteiger partial charge < -0.3 is 0 Å². The molecule has 0 N–H and O–H groups in total.